The van der Waals surface area contributed by atoms with E-state index in [0.29, 0.717) is 12.8 Å². The molecule has 0 heterocycles. The van der Waals surface area contributed by atoms with E-state index in [1.807, 2.05) is 0 Å². The number of carbonyl (C=O) groups excluding carboxylic acids is 1. The molecule has 11 heavy (non-hydrogen) atoms. The summed E-state index contributed by atoms with van der Waals surface area (Å²) in [5.41, 5.74) is -0.730. The Morgan fingerprint density at radius 2 is 1.91 bits per heavy atom. The quantitative estimate of drug-likeness (QED) is 0.656. The summed E-state index contributed by atoms with van der Waals surface area (Å²) in [6.45, 7) is 3.41. The Kier molecular flexibility index (Phi) is 3.52. The van der Waals surface area contributed by atoms with Crippen molar-refractivity contribution >= 4 is 5.91 Å². The van der Waals surface area contributed by atoms with Gasteiger partial charge in [-0.3, -0.25) is 4.79 Å². The van der Waals surface area contributed by atoms with Crippen LogP contribution in [0, 0.1) is 0 Å². The number of hydrogen-bond acceptors (Lipinski definition) is 2. The minimum atomic E-state index is -0.730. The maximum atomic E-state index is 11.0. The van der Waals surface area contributed by atoms with E-state index in [1.54, 1.807) is 27.9 Å². The molecule has 66 valence electrons. The maximum Gasteiger partial charge on any atom is 0.222 e. The molecule has 0 atom stereocenters. The van der Waals surface area contributed by atoms with Gasteiger partial charge in [-0.15, -0.1) is 0 Å². The highest BCUT2D eigenvalue weighted by atomic mass is 16.3. The summed E-state index contributed by atoms with van der Waals surface area (Å²) < 4.78 is 0. The van der Waals surface area contributed by atoms with Crippen molar-refractivity contribution in [2.24, 2.45) is 0 Å². The normalized spacial score (nSPS) is 11.4. The first-order chi connectivity index (χ1) is 4.83. The third-order valence-electron chi connectivity index (χ3n) is 1.45. The average Bonchev–Trinajstić information content (AvgIpc) is 1.80. The molecular formula is C8H17NO2. The molecule has 0 aromatic rings. The van der Waals surface area contributed by atoms with Gasteiger partial charge in [0.25, 0.3) is 0 Å². The zero-order valence-corrected chi connectivity index (χ0v) is 7.72. The van der Waals surface area contributed by atoms with Gasteiger partial charge in [0, 0.05) is 20.5 Å². The van der Waals surface area contributed by atoms with Crippen LogP contribution < -0.4 is 0 Å². The van der Waals surface area contributed by atoms with Crippen molar-refractivity contribution in [1.29, 1.82) is 0 Å². The second kappa shape index (κ2) is 3.72. The summed E-state index contributed by atoms with van der Waals surface area (Å²) in [5, 5.41) is 9.28. The SMILES string of the molecule is CN(C)C(=O)CCC(C)(C)O. The molecule has 1 N–H and O–H groups in total. The highest BCUT2D eigenvalue weighted by molar-refractivity contribution is 5.75. The number of amides is 1. The average molecular weight is 159 g/mol. The van der Waals surface area contributed by atoms with Crippen molar-refractivity contribution in [2.75, 3.05) is 14.1 Å². The lowest BCUT2D eigenvalue weighted by atomic mass is 10.0. The van der Waals surface area contributed by atoms with Crippen LogP contribution >= 0.6 is 0 Å². The van der Waals surface area contributed by atoms with Crippen molar-refractivity contribution in [2.45, 2.75) is 32.3 Å². The van der Waals surface area contributed by atoms with Crippen LogP contribution in [0.1, 0.15) is 26.7 Å². The summed E-state index contributed by atoms with van der Waals surface area (Å²) in [6, 6.07) is 0. The summed E-state index contributed by atoms with van der Waals surface area (Å²) >= 11 is 0. The van der Waals surface area contributed by atoms with Gasteiger partial charge in [-0.2, -0.15) is 0 Å². The lowest BCUT2D eigenvalue weighted by Crippen LogP contribution is -2.26. The predicted molar refractivity (Wildman–Crippen MR) is 44.2 cm³/mol. The highest BCUT2D eigenvalue weighted by Crippen LogP contribution is 2.10. The molecule has 0 aromatic heterocycles. The third-order valence-corrected chi connectivity index (χ3v) is 1.45. The van der Waals surface area contributed by atoms with E-state index < -0.39 is 5.60 Å². The molecule has 0 spiro atoms. The fraction of sp³-hybridized carbons (Fsp3) is 0.875. The molecule has 0 saturated carbocycles. The number of hydrogen-bond donors (Lipinski definition) is 1. The van der Waals surface area contributed by atoms with Gasteiger partial charge in [0.1, 0.15) is 0 Å². The van der Waals surface area contributed by atoms with E-state index in [1.165, 1.54) is 4.90 Å². The molecule has 0 bridgehead atoms. The molecule has 0 aliphatic carbocycles. The molecule has 0 radical (unpaired) electrons. The molecule has 0 aliphatic rings. The molecule has 0 aliphatic heterocycles. The first-order valence-corrected chi connectivity index (χ1v) is 3.75. The van der Waals surface area contributed by atoms with Crippen LogP contribution in [-0.4, -0.2) is 35.6 Å². The molecular weight excluding hydrogens is 142 g/mol. The first kappa shape index (κ1) is 10.4. The summed E-state index contributed by atoms with van der Waals surface area (Å²) in [7, 11) is 3.43. The first-order valence-electron chi connectivity index (χ1n) is 3.75. The molecule has 3 nitrogen and oxygen atoms in total. The van der Waals surface area contributed by atoms with Crippen molar-refractivity contribution in [3.8, 4) is 0 Å². The molecule has 0 aromatic carbocycles. The van der Waals surface area contributed by atoms with Crippen LogP contribution in [0.25, 0.3) is 0 Å². The van der Waals surface area contributed by atoms with Crippen molar-refractivity contribution in [1.82, 2.24) is 4.90 Å². The Balaban J connectivity index is 3.64. The van der Waals surface area contributed by atoms with Gasteiger partial charge in [-0.1, -0.05) is 0 Å². The number of nitrogens with zero attached hydrogens (tertiary/aromatic N) is 1. The molecule has 0 rings (SSSR count). The minimum absolute atomic E-state index is 0.0622. The zero-order valence-electron chi connectivity index (χ0n) is 7.72. The predicted octanol–water partition coefficient (Wildman–Crippen LogP) is 0.626. The standard InChI is InChI=1S/C8H17NO2/c1-8(2,11)6-5-7(10)9(3)4/h11H,5-6H2,1-4H3. The summed E-state index contributed by atoms with van der Waals surface area (Å²) in [5.74, 6) is 0.0622. The fourth-order valence-corrected chi connectivity index (χ4v) is 0.636. The van der Waals surface area contributed by atoms with E-state index in [0.717, 1.165) is 0 Å². The van der Waals surface area contributed by atoms with Crippen LogP contribution in [0.5, 0.6) is 0 Å². The van der Waals surface area contributed by atoms with E-state index in [4.69, 9.17) is 0 Å². The van der Waals surface area contributed by atoms with Gasteiger partial charge in [0.05, 0.1) is 5.60 Å². The minimum Gasteiger partial charge on any atom is -0.390 e. The van der Waals surface area contributed by atoms with Crippen LogP contribution in [-0.2, 0) is 4.79 Å². The molecule has 0 unspecified atom stereocenters. The van der Waals surface area contributed by atoms with E-state index in [9.17, 15) is 9.90 Å². The Bertz CT molecular complexity index is 136. The molecule has 0 fully saturated rings. The van der Waals surface area contributed by atoms with Gasteiger partial charge in [0.15, 0.2) is 0 Å². The van der Waals surface area contributed by atoms with E-state index >= 15 is 0 Å². The summed E-state index contributed by atoms with van der Waals surface area (Å²) in [4.78, 5) is 12.5. The van der Waals surface area contributed by atoms with Gasteiger partial charge >= 0.3 is 0 Å². The molecule has 1 amide bonds. The lowest BCUT2D eigenvalue weighted by Gasteiger charge is -2.17. The molecule has 0 saturated heterocycles. The largest absolute Gasteiger partial charge is 0.390 e. The van der Waals surface area contributed by atoms with Crippen molar-refractivity contribution in [3.63, 3.8) is 0 Å². The van der Waals surface area contributed by atoms with Gasteiger partial charge in [-0.25, -0.2) is 0 Å². The Morgan fingerprint density at radius 1 is 1.45 bits per heavy atom. The lowest BCUT2D eigenvalue weighted by molar-refractivity contribution is -0.129. The number of aliphatic hydroxyl groups is 1. The van der Waals surface area contributed by atoms with Crippen LogP contribution in [0.3, 0.4) is 0 Å². The van der Waals surface area contributed by atoms with Crippen LogP contribution in [0.15, 0.2) is 0 Å². The number of carbonyl (C=O) groups is 1. The van der Waals surface area contributed by atoms with Gasteiger partial charge in [-0.05, 0) is 20.3 Å². The van der Waals surface area contributed by atoms with Crippen LogP contribution in [0.4, 0.5) is 0 Å². The van der Waals surface area contributed by atoms with E-state index in [2.05, 4.69) is 0 Å². The Labute approximate surface area is 68.0 Å². The monoisotopic (exact) mass is 159 g/mol. The Hall–Kier alpha value is -0.570. The number of rotatable bonds is 3. The topological polar surface area (TPSA) is 40.5 Å². The third kappa shape index (κ3) is 5.85. The maximum absolute atomic E-state index is 11.0. The zero-order chi connectivity index (χ0) is 9.07. The van der Waals surface area contributed by atoms with E-state index in [-0.39, 0.29) is 5.91 Å². The highest BCUT2D eigenvalue weighted by Gasteiger charge is 2.15. The smallest absolute Gasteiger partial charge is 0.222 e. The fourth-order valence-electron chi connectivity index (χ4n) is 0.636. The Morgan fingerprint density at radius 3 is 2.18 bits per heavy atom. The second-order valence-electron chi connectivity index (χ2n) is 3.60. The van der Waals surface area contributed by atoms with Crippen molar-refractivity contribution in [3.05, 3.63) is 0 Å². The summed E-state index contributed by atoms with van der Waals surface area (Å²) in [6.07, 6.45) is 0.931. The molecule has 3 heteroatoms. The van der Waals surface area contributed by atoms with Gasteiger partial charge in [0.2, 0.25) is 5.91 Å². The van der Waals surface area contributed by atoms with Gasteiger partial charge < -0.3 is 10.0 Å². The second-order valence-corrected chi connectivity index (χ2v) is 3.60. The van der Waals surface area contributed by atoms with Crippen LogP contribution in [0.2, 0.25) is 0 Å². The van der Waals surface area contributed by atoms with Crippen molar-refractivity contribution < 1.29 is 9.90 Å².